The minimum atomic E-state index is -2.86. The third kappa shape index (κ3) is 4.65. The third-order valence-electron chi connectivity index (χ3n) is 5.04. The van der Waals surface area contributed by atoms with Crippen LogP contribution in [0.1, 0.15) is 32.1 Å². The van der Waals surface area contributed by atoms with Crippen LogP contribution in [0.15, 0.2) is 0 Å². The summed E-state index contributed by atoms with van der Waals surface area (Å²) < 4.78 is 29.5. The molecule has 21 heavy (non-hydrogen) atoms. The Kier molecular flexibility index (Phi) is 5.19. The number of sulfone groups is 1. The van der Waals surface area contributed by atoms with Crippen LogP contribution in [0.25, 0.3) is 0 Å². The average Bonchev–Trinajstić information content (AvgIpc) is 3.14. The summed E-state index contributed by atoms with van der Waals surface area (Å²) in [6.07, 6.45) is 5.81. The van der Waals surface area contributed by atoms with Crippen molar-refractivity contribution in [2.75, 3.05) is 37.8 Å². The maximum atomic E-state index is 12.0. The first-order chi connectivity index (χ1) is 10.1. The van der Waals surface area contributed by atoms with Gasteiger partial charge in [0.15, 0.2) is 9.84 Å². The van der Waals surface area contributed by atoms with Crippen LogP contribution in [0.2, 0.25) is 0 Å². The Morgan fingerprint density at radius 2 is 2.05 bits per heavy atom. The van der Waals surface area contributed by atoms with Crippen LogP contribution in [0.4, 0.5) is 0 Å². The molecule has 3 rings (SSSR count). The van der Waals surface area contributed by atoms with E-state index in [0.29, 0.717) is 42.0 Å². The van der Waals surface area contributed by atoms with Crippen LogP contribution in [-0.4, -0.2) is 58.3 Å². The lowest BCUT2D eigenvalue weighted by Crippen LogP contribution is -2.51. The minimum Gasteiger partial charge on any atom is -0.379 e. The SMILES string of the molecule is O=S(=O)(CCNC1CCCC1C1COCCN1)CC1CC1. The molecule has 5 nitrogen and oxygen atoms in total. The molecule has 0 bridgehead atoms. The number of rotatable bonds is 7. The second kappa shape index (κ2) is 6.94. The molecule has 2 N–H and O–H groups in total. The number of hydrogen-bond donors (Lipinski definition) is 2. The van der Waals surface area contributed by atoms with Crippen molar-refractivity contribution >= 4 is 9.84 Å². The minimum absolute atomic E-state index is 0.293. The van der Waals surface area contributed by atoms with Gasteiger partial charge in [-0.05, 0) is 37.5 Å². The Labute approximate surface area is 128 Å². The summed E-state index contributed by atoms with van der Waals surface area (Å²) in [6, 6.07) is 0.877. The predicted molar refractivity (Wildman–Crippen MR) is 83.1 cm³/mol. The predicted octanol–water partition coefficient (Wildman–Crippen LogP) is 0.558. The molecule has 1 aliphatic heterocycles. The van der Waals surface area contributed by atoms with Crippen LogP contribution in [0, 0.1) is 11.8 Å². The van der Waals surface area contributed by atoms with E-state index < -0.39 is 9.84 Å². The van der Waals surface area contributed by atoms with Gasteiger partial charge in [-0.1, -0.05) is 6.42 Å². The van der Waals surface area contributed by atoms with Crippen molar-refractivity contribution in [2.45, 2.75) is 44.2 Å². The van der Waals surface area contributed by atoms with Crippen LogP contribution < -0.4 is 10.6 Å². The Morgan fingerprint density at radius 1 is 1.19 bits per heavy atom. The quantitative estimate of drug-likeness (QED) is 0.718. The van der Waals surface area contributed by atoms with Crippen molar-refractivity contribution < 1.29 is 13.2 Å². The zero-order valence-electron chi connectivity index (χ0n) is 12.7. The molecule has 3 fully saturated rings. The summed E-state index contributed by atoms with van der Waals surface area (Å²) in [5.74, 6) is 1.73. The molecule has 122 valence electrons. The highest BCUT2D eigenvalue weighted by Gasteiger charge is 2.34. The Balaban J connectivity index is 1.43. The Bertz CT molecular complexity index is 430. The third-order valence-corrected chi connectivity index (χ3v) is 6.85. The topological polar surface area (TPSA) is 67.4 Å². The van der Waals surface area contributed by atoms with Gasteiger partial charge in [-0.3, -0.25) is 0 Å². The molecule has 0 aromatic carbocycles. The maximum absolute atomic E-state index is 12.0. The van der Waals surface area contributed by atoms with E-state index >= 15 is 0 Å². The van der Waals surface area contributed by atoms with Gasteiger partial charge in [-0.25, -0.2) is 8.42 Å². The summed E-state index contributed by atoms with van der Waals surface area (Å²) >= 11 is 0. The fourth-order valence-corrected chi connectivity index (χ4v) is 5.36. The molecule has 0 amide bonds. The first-order valence-electron chi connectivity index (χ1n) is 8.39. The molecule has 3 aliphatic rings. The van der Waals surface area contributed by atoms with E-state index in [9.17, 15) is 8.42 Å². The Morgan fingerprint density at radius 3 is 2.76 bits per heavy atom. The van der Waals surface area contributed by atoms with E-state index in [-0.39, 0.29) is 0 Å². The highest BCUT2D eigenvalue weighted by molar-refractivity contribution is 7.91. The summed E-state index contributed by atoms with van der Waals surface area (Å²) in [4.78, 5) is 0. The molecule has 3 atom stereocenters. The lowest BCUT2D eigenvalue weighted by molar-refractivity contribution is 0.0527. The largest absolute Gasteiger partial charge is 0.379 e. The molecule has 0 aromatic rings. The van der Waals surface area contributed by atoms with E-state index in [1.54, 1.807) is 0 Å². The van der Waals surface area contributed by atoms with Gasteiger partial charge in [0.05, 0.1) is 24.7 Å². The van der Waals surface area contributed by atoms with E-state index in [4.69, 9.17) is 4.74 Å². The Hall–Kier alpha value is -0.170. The molecular weight excluding hydrogens is 288 g/mol. The fourth-order valence-electron chi connectivity index (χ4n) is 3.71. The second-order valence-electron chi connectivity index (χ2n) is 6.85. The molecule has 6 heteroatoms. The van der Waals surface area contributed by atoms with Crippen LogP contribution in [0.5, 0.6) is 0 Å². The van der Waals surface area contributed by atoms with Gasteiger partial charge in [-0.15, -0.1) is 0 Å². The molecular formula is C15H28N2O3S. The molecule has 0 spiro atoms. The smallest absolute Gasteiger partial charge is 0.151 e. The average molecular weight is 316 g/mol. The van der Waals surface area contributed by atoms with Gasteiger partial charge < -0.3 is 15.4 Å². The zero-order chi connectivity index (χ0) is 14.7. The van der Waals surface area contributed by atoms with Crippen molar-refractivity contribution in [3.63, 3.8) is 0 Å². The number of ether oxygens (including phenoxy) is 1. The van der Waals surface area contributed by atoms with Gasteiger partial charge in [0.25, 0.3) is 0 Å². The van der Waals surface area contributed by atoms with Gasteiger partial charge in [-0.2, -0.15) is 0 Å². The first-order valence-corrected chi connectivity index (χ1v) is 10.2. The molecule has 2 saturated carbocycles. The molecule has 0 aromatic heterocycles. The van der Waals surface area contributed by atoms with Gasteiger partial charge in [0, 0.05) is 25.2 Å². The van der Waals surface area contributed by atoms with Crippen molar-refractivity contribution in [3.8, 4) is 0 Å². The van der Waals surface area contributed by atoms with Crippen LogP contribution in [0.3, 0.4) is 0 Å². The van der Waals surface area contributed by atoms with Gasteiger partial charge >= 0.3 is 0 Å². The molecule has 0 radical (unpaired) electrons. The van der Waals surface area contributed by atoms with Crippen molar-refractivity contribution in [2.24, 2.45) is 11.8 Å². The van der Waals surface area contributed by atoms with Crippen molar-refractivity contribution in [1.29, 1.82) is 0 Å². The van der Waals surface area contributed by atoms with E-state index in [1.165, 1.54) is 12.8 Å². The number of morpholine rings is 1. The maximum Gasteiger partial charge on any atom is 0.151 e. The lowest BCUT2D eigenvalue weighted by atomic mass is 9.94. The van der Waals surface area contributed by atoms with E-state index in [2.05, 4.69) is 10.6 Å². The molecule has 1 saturated heterocycles. The van der Waals surface area contributed by atoms with Crippen LogP contribution >= 0.6 is 0 Å². The van der Waals surface area contributed by atoms with Crippen LogP contribution in [-0.2, 0) is 14.6 Å². The molecule has 1 heterocycles. The standard InChI is InChI=1S/C15H28N2O3S/c18-21(19,11-12-4-5-12)9-7-17-14-3-1-2-13(14)15-10-20-8-6-16-15/h12-17H,1-11H2. The van der Waals surface area contributed by atoms with E-state index in [0.717, 1.165) is 39.0 Å². The number of nitrogens with one attached hydrogen (secondary N) is 2. The monoisotopic (exact) mass is 316 g/mol. The second-order valence-corrected chi connectivity index (χ2v) is 9.08. The molecule has 3 unspecified atom stereocenters. The van der Waals surface area contributed by atoms with Gasteiger partial charge in [0.1, 0.15) is 0 Å². The van der Waals surface area contributed by atoms with Crippen molar-refractivity contribution in [1.82, 2.24) is 10.6 Å². The highest BCUT2D eigenvalue weighted by atomic mass is 32.2. The summed E-state index contributed by atoms with van der Waals surface area (Å²) in [5, 5.41) is 7.05. The normalized spacial score (nSPS) is 34.2. The summed E-state index contributed by atoms with van der Waals surface area (Å²) in [7, 11) is -2.86. The fraction of sp³-hybridized carbons (Fsp3) is 1.00. The number of hydrogen-bond acceptors (Lipinski definition) is 5. The van der Waals surface area contributed by atoms with E-state index in [1.807, 2.05) is 0 Å². The molecule has 2 aliphatic carbocycles. The highest BCUT2D eigenvalue weighted by Crippen LogP contribution is 2.31. The summed E-state index contributed by atoms with van der Waals surface area (Å²) in [6.45, 7) is 3.14. The van der Waals surface area contributed by atoms with Gasteiger partial charge in [0.2, 0.25) is 0 Å². The zero-order valence-corrected chi connectivity index (χ0v) is 13.5. The van der Waals surface area contributed by atoms with Crippen molar-refractivity contribution in [3.05, 3.63) is 0 Å². The summed E-state index contributed by atoms with van der Waals surface area (Å²) in [5.41, 5.74) is 0. The first kappa shape index (κ1) is 15.7. The lowest BCUT2D eigenvalue weighted by Gasteiger charge is -2.33.